The van der Waals surface area contributed by atoms with Crippen LogP contribution in [-0.4, -0.2) is 30.5 Å². The minimum atomic E-state index is -0.589. The zero-order valence-corrected chi connectivity index (χ0v) is 14.5. The number of hydrogen-bond donors (Lipinski definition) is 2. The molecule has 0 saturated heterocycles. The van der Waals surface area contributed by atoms with Gasteiger partial charge in [-0.15, -0.1) is 0 Å². The van der Waals surface area contributed by atoms with Crippen molar-refractivity contribution in [3.63, 3.8) is 0 Å². The molecule has 2 amide bonds. The van der Waals surface area contributed by atoms with Gasteiger partial charge >= 0.3 is 0 Å². The molecule has 1 aromatic rings. The van der Waals surface area contributed by atoms with Gasteiger partial charge in [-0.05, 0) is 51.0 Å². The zero-order valence-electron chi connectivity index (χ0n) is 14.5. The maximum Gasteiger partial charge on any atom is 0.244 e. The molecule has 1 rings (SSSR count). The number of rotatable bonds is 7. The fraction of sp³-hybridized carbons (Fsp3) is 0.444. The minimum Gasteiger partial charge on any atom is -0.497 e. The summed E-state index contributed by atoms with van der Waals surface area (Å²) in [5.74, 6) is 0.260. The van der Waals surface area contributed by atoms with Crippen LogP contribution in [0.3, 0.4) is 0 Å². The zero-order chi connectivity index (χ0) is 17.5. The van der Waals surface area contributed by atoms with Crippen molar-refractivity contribution >= 4 is 17.9 Å². The third kappa shape index (κ3) is 6.55. The smallest absolute Gasteiger partial charge is 0.244 e. The molecule has 126 valence electrons. The summed E-state index contributed by atoms with van der Waals surface area (Å²) in [6.07, 6.45) is 3.92. The molecule has 1 unspecified atom stereocenters. The van der Waals surface area contributed by atoms with Gasteiger partial charge in [-0.3, -0.25) is 9.59 Å². The van der Waals surface area contributed by atoms with Crippen molar-refractivity contribution in [2.75, 3.05) is 7.11 Å². The molecular weight excluding hydrogens is 292 g/mol. The standard InChI is InChI=1S/C18H26N2O3/c1-6-18(3,4)20-17(22)13(2)19-16(21)12-9-14-7-10-15(23-5)11-8-14/h7-13H,6H2,1-5H3,(H,19,21)(H,20,22)/b12-9+. The third-order valence-electron chi connectivity index (χ3n) is 3.64. The summed E-state index contributed by atoms with van der Waals surface area (Å²) < 4.78 is 5.07. The van der Waals surface area contributed by atoms with E-state index in [2.05, 4.69) is 10.6 Å². The Labute approximate surface area is 138 Å². The Hall–Kier alpha value is -2.30. The van der Waals surface area contributed by atoms with Crippen molar-refractivity contribution in [2.45, 2.75) is 45.7 Å². The number of hydrogen-bond acceptors (Lipinski definition) is 3. The number of ether oxygens (including phenoxy) is 1. The Morgan fingerprint density at radius 1 is 1.26 bits per heavy atom. The average Bonchev–Trinajstić information content (AvgIpc) is 2.53. The van der Waals surface area contributed by atoms with Crippen LogP contribution < -0.4 is 15.4 Å². The van der Waals surface area contributed by atoms with E-state index in [0.717, 1.165) is 17.7 Å². The molecule has 0 aliphatic heterocycles. The first-order chi connectivity index (χ1) is 10.8. The van der Waals surface area contributed by atoms with Crippen molar-refractivity contribution in [3.05, 3.63) is 35.9 Å². The summed E-state index contributed by atoms with van der Waals surface area (Å²) in [5, 5.41) is 5.56. The second kappa shape index (κ2) is 8.36. The number of methoxy groups -OCH3 is 1. The average molecular weight is 318 g/mol. The molecule has 0 aliphatic rings. The van der Waals surface area contributed by atoms with Gasteiger partial charge in [-0.25, -0.2) is 0 Å². The van der Waals surface area contributed by atoms with Gasteiger partial charge in [-0.1, -0.05) is 19.1 Å². The Morgan fingerprint density at radius 3 is 2.39 bits per heavy atom. The number of carbonyl (C=O) groups is 2. The first-order valence-corrected chi connectivity index (χ1v) is 7.72. The Bertz CT molecular complexity index is 562. The number of benzene rings is 1. The third-order valence-corrected chi connectivity index (χ3v) is 3.64. The maximum absolute atomic E-state index is 12.0. The van der Waals surface area contributed by atoms with E-state index >= 15 is 0 Å². The second-order valence-corrected chi connectivity index (χ2v) is 6.06. The lowest BCUT2D eigenvalue weighted by atomic mass is 10.0. The van der Waals surface area contributed by atoms with E-state index in [9.17, 15) is 9.59 Å². The van der Waals surface area contributed by atoms with Crippen LogP contribution in [0, 0.1) is 0 Å². The van der Waals surface area contributed by atoms with E-state index in [1.54, 1.807) is 20.1 Å². The molecule has 23 heavy (non-hydrogen) atoms. The van der Waals surface area contributed by atoms with Gasteiger partial charge in [0.05, 0.1) is 7.11 Å². The largest absolute Gasteiger partial charge is 0.497 e. The Morgan fingerprint density at radius 2 is 1.87 bits per heavy atom. The molecule has 2 N–H and O–H groups in total. The van der Waals surface area contributed by atoms with Gasteiger partial charge in [0.1, 0.15) is 11.8 Å². The number of amides is 2. The predicted octanol–water partition coefficient (Wildman–Crippen LogP) is 2.52. The van der Waals surface area contributed by atoms with Gasteiger partial charge in [0.2, 0.25) is 11.8 Å². The molecule has 0 radical (unpaired) electrons. The highest BCUT2D eigenvalue weighted by Gasteiger charge is 2.22. The molecule has 0 aliphatic carbocycles. The summed E-state index contributed by atoms with van der Waals surface area (Å²) in [4.78, 5) is 23.9. The molecule has 0 bridgehead atoms. The van der Waals surface area contributed by atoms with Crippen LogP contribution in [0.4, 0.5) is 0 Å². The van der Waals surface area contributed by atoms with Gasteiger partial charge in [-0.2, -0.15) is 0 Å². The first-order valence-electron chi connectivity index (χ1n) is 7.72. The van der Waals surface area contributed by atoms with Crippen molar-refractivity contribution < 1.29 is 14.3 Å². The highest BCUT2D eigenvalue weighted by atomic mass is 16.5. The summed E-state index contributed by atoms with van der Waals surface area (Å²) in [5.41, 5.74) is 0.597. The molecule has 1 atom stereocenters. The summed E-state index contributed by atoms with van der Waals surface area (Å²) in [6, 6.07) is 6.75. The summed E-state index contributed by atoms with van der Waals surface area (Å²) >= 11 is 0. The van der Waals surface area contributed by atoms with Crippen LogP contribution in [0.5, 0.6) is 5.75 Å². The summed E-state index contributed by atoms with van der Waals surface area (Å²) in [7, 11) is 1.60. The van der Waals surface area contributed by atoms with Crippen LogP contribution in [0.25, 0.3) is 6.08 Å². The van der Waals surface area contributed by atoms with Gasteiger partial charge < -0.3 is 15.4 Å². The molecule has 0 saturated carbocycles. The van der Waals surface area contributed by atoms with E-state index in [1.807, 2.05) is 45.0 Å². The number of nitrogens with one attached hydrogen (secondary N) is 2. The van der Waals surface area contributed by atoms with Crippen molar-refractivity contribution in [2.24, 2.45) is 0 Å². The lowest BCUT2D eigenvalue weighted by Gasteiger charge is -2.26. The van der Waals surface area contributed by atoms with Crippen molar-refractivity contribution in [3.8, 4) is 5.75 Å². The fourth-order valence-electron chi connectivity index (χ4n) is 1.74. The van der Waals surface area contributed by atoms with E-state index in [0.29, 0.717) is 0 Å². The van der Waals surface area contributed by atoms with E-state index < -0.39 is 6.04 Å². The van der Waals surface area contributed by atoms with Crippen molar-refractivity contribution in [1.29, 1.82) is 0 Å². The Kier molecular flexibility index (Phi) is 6.82. The van der Waals surface area contributed by atoms with Crippen LogP contribution in [0.15, 0.2) is 30.3 Å². The first kappa shape index (κ1) is 18.7. The normalized spacial score (nSPS) is 12.7. The maximum atomic E-state index is 12.0. The topological polar surface area (TPSA) is 67.4 Å². The summed E-state index contributed by atoms with van der Waals surface area (Å²) in [6.45, 7) is 7.56. The Balaban J connectivity index is 2.54. The molecule has 1 aromatic carbocycles. The van der Waals surface area contributed by atoms with Crippen LogP contribution in [0.2, 0.25) is 0 Å². The molecule has 0 heterocycles. The van der Waals surface area contributed by atoms with E-state index in [4.69, 9.17) is 4.74 Å². The molecule has 0 aromatic heterocycles. The molecular formula is C18H26N2O3. The van der Waals surface area contributed by atoms with Crippen LogP contribution >= 0.6 is 0 Å². The SMILES string of the molecule is CCC(C)(C)NC(=O)C(C)NC(=O)/C=C/c1ccc(OC)cc1. The molecule has 0 fully saturated rings. The van der Waals surface area contributed by atoms with Crippen LogP contribution in [0.1, 0.15) is 39.7 Å². The fourth-order valence-corrected chi connectivity index (χ4v) is 1.74. The highest BCUT2D eigenvalue weighted by molar-refractivity contribution is 5.95. The van der Waals surface area contributed by atoms with E-state index in [-0.39, 0.29) is 17.4 Å². The lowest BCUT2D eigenvalue weighted by molar-refractivity contribution is -0.127. The highest BCUT2D eigenvalue weighted by Crippen LogP contribution is 2.12. The monoisotopic (exact) mass is 318 g/mol. The van der Waals surface area contributed by atoms with Crippen molar-refractivity contribution in [1.82, 2.24) is 10.6 Å². The van der Waals surface area contributed by atoms with Gasteiger partial charge in [0.15, 0.2) is 0 Å². The number of carbonyl (C=O) groups excluding carboxylic acids is 2. The minimum absolute atomic E-state index is 0.192. The quantitative estimate of drug-likeness (QED) is 0.759. The molecule has 5 heteroatoms. The van der Waals surface area contributed by atoms with E-state index in [1.165, 1.54) is 6.08 Å². The lowest BCUT2D eigenvalue weighted by Crippen LogP contribution is -2.51. The second-order valence-electron chi connectivity index (χ2n) is 6.06. The van der Waals surface area contributed by atoms with Crippen LogP contribution in [-0.2, 0) is 9.59 Å². The van der Waals surface area contributed by atoms with Gasteiger partial charge in [0.25, 0.3) is 0 Å². The molecule has 5 nitrogen and oxygen atoms in total. The predicted molar refractivity (Wildman–Crippen MR) is 92.1 cm³/mol. The molecule has 0 spiro atoms. The van der Waals surface area contributed by atoms with Gasteiger partial charge in [0, 0.05) is 11.6 Å².